The molecule has 3 fully saturated rings. The molecule has 3 aliphatic rings. The zero-order valence-electron chi connectivity index (χ0n) is 38.0. The number of nitrogens with zero attached hydrogens (tertiary/aromatic N) is 4. The first-order chi connectivity index (χ1) is 28.8. The fraction of sp³-hybridized carbons (Fsp3) is 0.857. The number of rotatable bonds is 34. The fourth-order valence-electron chi connectivity index (χ4n) is 7.67. The fourth-order valence-corrected chi connectivity index (χ4v) is 8.85. The molecule has 0 aliphatic carbocycles. The van der Waals surface area contributed by atoms with Gasteiger partial charge in [0, 0.05) is 69.7 Å². The standard InChI is InChI=1S/C21H40N2O5S.C18H36N2O4S.C3H3ClO.2Na/c1-2-21(24)26-19-11-9-7-5-3-4-6-8-10-13-22-15-17-23(18-16-22)14-12-20-29-28-27-25;21-17-9-7-5-3-1-2-4-6-8-11-19-12-15-20(16-13-19)14-10-18(20)25-24-23-22;1-2-3(4)5;;/h2,25H,1,3-20H2;18,21H,1-17H2;2H,1H2;;/q;;;2*+1/p-1. The summed E-state index contributed by atoms with van der Waals surface area (Å²) in [6.07, 6.45) is 27.1. The summed E-state index contributed by atoms with van der Waals surface area (Å²) >= 11 is 6.99. The Kier molecular flexibility index (Phi) is 48.8. The second kappa shape index (κ2) is 46.3. The van der Waals surface area contributed by atoms with Crippen molar-refractivity contribution in [3.63, 3.8) is 0 Å². The Balaban J connectivity index is 0. The summed E-state index contributed by atoms with van der Waals surface area (Å²) in [5, 5.41) is 35.1. The maximum Gasteiger partial charge on any atom is 1.00 e. The first-order valence-corrected chi connectivity index (χ1v) is 24.4. The third-order valence-corrected chi connectivity index (χ3v) is 13.2. The maximum absolute atomic E-state index is 10.9. The Labute approximate surface area is 426 Å². The van der Waals surface area contributed by atoms with E-state index in [0.29, 0.717) is 18.6 Å². The molecule has 3 rings (SSSR count). The second-order valence-electron chi connectivity index (χ2n) is 15.7. The monoisotopic (exact) mass is 943 g/mol. The minimum absolute atomic E-state index is 0. The molecule has 14 nitrogen and oxygen atoms in total. The summed E-state index contributed by atoms with van der Waals surface area (Å²) in [4.78, 5) is 28.0. The number of quaternary nitrogens is 1. The Bertz CT molecular complexity index is 1040. The number of hydrogen-bond acceptors (Lipinski definition) is 15. The molecular weight excluding hydrogens is 866 g/mol. The normalized spacial score (nSPS) is 17.3. The number of piperazine rings is 2. The van der Waals surface area contributed by atoms with Crippen LogP contribution in [0, 0.1) is 0 Å². The molecule has 0 radical (unpaired) electrons. The van der Waals surface area contributed by atoms with Crippen molar-refractivity contribution in [2.24, 2.45) is 0 Å². The molecule has 1 N–H and O–H groups in total. The van der Waals surface area contributed by atoms with Gasteiger partial charge in [-0.05, 0) is 69.4 Å². The molecule has 0 amide bonds. The number of ether oxygens (including phenoxy) is 1. The van der Waals surface area contributed by atoms with Crippen molar-refractivity contribution in [2.75, 3.05) is 97.5 Å². The molecule has 3 saturated heterocycles. The van der Waals surface area contributed by atoms with Crippen LogP contribution >= 0.6 is 35.7 Å². The molecule has 3 aliphatic heterocycles. The third kappa shape index (κ3) is 36.0. The smallest absolute Gasteiger partial charge is 0.691 e. The van der Waals surface area contributed by atoms with Crippen LogP contribution in [-0.2, 0) is 33.1 Å². The van der Waals surface area contributed by atoms with Crippen molar-refractivity contribution in [3.05, 3.63) is 25.3 Å². The number of aliphatic hydroxyl groups excluding tert-OH is 1. The van der Waals surface area contributed by atoms with Crippen LogP contribution in [0.15, 0.2) is 25.3 Å². The topological polar surface area (TPSA) is 156 Å². The van der Waals surface area contributed by atoms with Crippen molar-refractivity contribution >= 4 is 46.9 Å². The van der Waals surface area contributed by atoms with E-state index in [2.05, 4.69) is 46.6 Å². The van der Waals surface area contributed by atoms with Gasteiger partial charge in [0.15, 0.2) is 5.37 Å². The van der Waals surface area contributed by atoms with Gasteiger partial charge in [-0.3, -0.25) is 19.8 Å². The molecular formula is C42H78ClN4Na2O10S2+. The molecule has 1 spiro atoms. The minimum atomic E-state index is -0.509. The van der Waals surface area contributed by atoms with Gasteiger partial charge in [-0.2, -0.15) is 8.67 Å². The van der Waals surface area contributed by atoms with Gasteiger partial charge in [-0.25, -0.2) is 4.79 Å². The molecule has 0 bridgehead atoms. The largest absolute Gasteiger partial charge is 1.00 e. The van der Waals surface area contributed by atoms with Gasteiger partial charge >= 0.3 is 65.1 Å². The van der Waals surface area contributed by atoms with E-state index in [4.69, 9.17) is 21.4 Å². The molecule has 1 atom stereocenters. The average molecular weight is 945 g/mol. The van der Waals surface area contributed by atoms with E-state index >= 15 is 0 Å². The van der Waals surface area contributed by atoms with Crippen molar-refractivity contribution in [1.29, 1.82) is 0 Å². The Morgan fingerprint density at radius 2 is 1.07 bits per heavy atom. The number of carbonyl (C=O) groups excluding carboxylic acids is 2. The van der Waals surface area contributed by atoms with E-state index in [0.717, 1.165) is 93.2 Å². The molecule has 19 heteroatoms. The van der Waals surface area contributed by atoms with Crippen LogP contribution < -0.4 is 69.6 Å². The van der Waals surface area contributed by atoms with Crippen LogP contribution in [-0.4, -0.2) is 138 Å². The van der Waals surface area contributed by atoms with E-state index < -0.39 is 5.24 Å². The predicted molar refractivity (Wildman–Crippen MR) is 234 cm³/mol. The van der Waals surface area contributed by atoms with Crippen molar-refractivity contribution in [2.45, 2.75) is 134 Å². The van der Waals surface area contributed by atoms with Gasteiger partial charge in [-0.1, -0.05) is 103 Å². The number of unbranched alkanes of at least 4 members (excludes halogenated alkanes) is 16. The van der Waals surface area contributed by atoms with E-state index in [1.165, 1.54) is 160 Å². The van der Waals surface area contributed by atoms with E-state index in [-0.39, 0.29) is 65.1 Å². The number of aliphatic hydroxyl groups is 1. The Morgan fingerprint density at radius 1 is 0.639 bits per heavy atom. The molecule has 0 aromatic heterocycles. The SMILES string of the molecule is C=CC(=O)Cl.C=CC(=O)OCCCCCCCCCCCN1CCN(CCCSOO[O-])CC1.[Na+].[Na+].[O-]OOSC1CC[N+]12CCN(CCCCCCCCCCCO)CC2. The van der Waals surface area contributed by atoms with Gasteiger partial charge in [-0.15, -0.1) is 0 Å². The summed E-state index contributed by atoms with van der Waals surface area (Å²) in [5.74, 6) is 0.467. The summed E-state index contributed by atoms with van der Waals surface area (Å²) in [7, 11) is 0. The maximum atomic E-state index is 10.9. The van der Waals surface area contributed by atoms with Gasteiger partial charge in [0.05, 0.1) is 44.7 Å². The molecule has 3 heterocycles. The van der Waals surface area contributed by atoms with Crippen LogP contribution in [0.1, 0.15) is 128 Å². The third-order valence-electron chi connectivity index (χ3n) is 11.4. The molecule has 0 saturated carbocycles. The quantitative estimate of drug-likeness (QED) is 0.0108. The van der Waals surface area contributed by atoms with Gasteiger partial charge in [0.2, 0.25) is 5.24 Å². The number of esters is 1. The van der Waals surface area contributed by atoms with Gasteiger partial charge in [0.1, 0.15) is 0 Å². The van der Waals surface area contributed by atoms with Crippen molar-refractivity contribution in [3.8, 4) is 0 Å². The Hall–Kier alpha value is 1.17. The van der Waals surface area contributed by atoms with Crippen molar-refractivity contribution in [1.82, 2.24) is 14.7 Å². The van der Waals surface area contributed by atoms with Crippen LogP contribution in [0.4, 0.5) is 0 Å². The summed E-state index contributed by atoms with van der Waals surface area (Å²) < 4.78 is 14.9. The van der Waals surface area contributed by atoms with E-state index in [1.54, 1.807) is 0 Å². The molecule has 0 aromatic carbocycles. The van der Waals surface area contributed by atoms with Gasteiger partial charge < -0.3 is 34.6 Å². The van der Waals surface area contributed by atoms with E-state index in [1.807, 2.05) is 0 Å². The number of halogens is 1. The van der Waals surface area contributed by atoms with Crippen molar-refractivity contribution < 1.29 is 112 Å². The second-order valence-corrected chi connectivity index (χ2v) is 17.7. The summed E-state index contributed by atoms with van der Waals surface area (Å²) in [5.41, 5.74) is 0. The molecule has 346 valence electrons. The predicted octanol–water partition coefficient (Wildman–Crippen LogP) is 0.275. The molecule has 0 aromatic rings. The van der Waals surface area contributed by atoms with Crippen LogP contribution in [0.3, 0.4) is 0 Å². The summed E-state index contributed by atoms with van der Waals surface area (Å²) in [6.45, 7) is 21.3. The van der Waals surface area contributed by atoms with Crippen LogP contribution in [0.2, 0.25) is 0 Å². The number of hydrogen-bond donors (Lipinski definition) is 1. The number of allylic oxidation sites excluding steroid dienone is 1. The molecule has 61 heavy (non-hydrogen) atoms. The number of carbonyl (C=O) groups is 2. The zero-order chi connectivity index (χ0) is 43.1. The average Bonchev–Trinajstić information content (AvgIpc) is 3.25. The van der Waals surface area contributed by atoms with E-state index in [9.17, 15) is 20.1 Å². The first-order valence-electron chi connectivity index (χ1n) is 22.3. The summed E-state index contributed by atoms with van der Waals surface area (Å²) in [6, 6.07) is 0. The Morgan fingerprint density at radius 3 is 1.48 bits per heavy atom. The van der Waals surface area contributed by atoms with Gasteiger partial charge in [0.25, 0.3) is 0 Å². The first kappa shape index (κ1) is 64.3. The minimum Gasteiger partial charge on any atom is -0.691 e. The molecule has 1 unspecified atom stereocenters. The van der Waals surface area contributed by atoms with Crippen LogP contribution in [0.5, 0.6) is 0 Å². The zero-order valence-corrected chi connectivity index (χ0v) is 44.4. The van der Waals surface area contributed by atoms with Crippen LogP contribution in [0.25, 0.3) is 0 Å².